The third-order valence-corrected chi connectivity index (χ3v) is 6.87. The van der Waals surface area contributed by atoms with Crippen molar-refractivity contribution in [3.63, 3.8) is 0 Å². The lowest BCUT2D eigenvalue weighted by molar-refractivity contribution is 0.250. The molecule has 2 aliphatic rings. The molecule has 1 unspecified atom stereocenters. The number of halogens is 1. The summed E-state index contributed by atoms with van der Waals surface area (Å²) in [5.41, 5.74) is 1.92. The van der Waals surface area contributed by atoms with Crippen LogP contribution in [0.3, 0.4) is 0 Å². The van der Waals surface area contributed by atoms with Gasteiger partial charge in [0.25, 0.3) is 5.56 Å². The molecule has 0 bridgehead atoms. The normalized spacial score (nSPS) is 21.9. The van der Waals surface area contributed by atoms with Gasteiger partial charge in [0.15, 0.2) is 5.65 Å². The van der Waals surface area contributed by atoms with Gasteiger partial charge in [0.05, 0.1) is 18.3 Å². The van der Waals surface area contributed by atoms with Gasteiger partial charge in [-0.05, 0) is 56.3 Å². The molecule has 1 aliphatic carbocycles. The molecule has 6 nitrogen and oxygen atoms in total. The van der Waals surface area contributed by atoms with Gasteiger partial charge < -0.3 is 4.98 Å². The minimum Gasteiger partial charge on any atom is -0.309 e. The Balaban J connectivity index is 1.41. The summed E-state index contributed by atoms with van der Waals surface area (Å²) in [6, 6.07) is 8.55. The Hall–Kier alpha value is -2.18. The van der Waals surface area contributed by atoms with Crippen molar-refractivity contribution in [2.75, 3.05) is 13.1 Å². The molecule has 3 aromatic rings. The molecule has 2 atom stereocenters. The Kier molecular flexibility index (Phi) is 4.92. The molecule has 0 radical (unpaired) electrons. The minimum absolute atomic E-state index is 0.0446. The highest BCUT2D eigenvalue weighted by Crippen LogP contribution is 2.34. The molecule has 29 heavy (non-hydrogen) atoms. The number of hydrogen-bond acceptors (Lipinski definition) is 4. The summed E-state index contributed by atoms with van der Waals surface area (Å²) in [5, 5.41) is 5.88. The van der Waals surface area contributed by atoms with Gasteiger partial charge in [0.2, 0.25) is 0 Å². The SMILES string of the molecule is C[C@H](c1nc2c(cnn2C2CCCC2)c(=O)[nH]1)N1CCC(c2cccc(Cl)c2)C1. The summed E-state index contributed by atoms with van der Waals surface area (Å²) in [6.07, 6.45) is 7.41. The lowest BCUT2D eigenvalue weighted by Crippen LogP contribution is -2.28. The molecule has 0 amide bonds. The van der Waals surface area contributed by atoms with Gasteiger partial charge in [0, 0.05) is 11.6 Å². The first-order valence-corrected chi connectivity index (χ1v) is 10.9. The standard InChI is InChI=1S/C22H26ClN5O/c1-14(27-10-9-16(13-27)15-5-4-6-17(23)11-15)20-25-21-19(22(29)26-20)12-24-28(21)18-7-2-3-8-18/h4-6,11-12,14,16,18H,2-3,7-10,13H2,1H3,(H,25,26,29)/t14-,16?/m1/s1. The van der Waals surface area contributed by atoms with Crippen molar-refractivity contribution in [2.45, 2.75) is 57.0 Å². The number of hydrogen-bond donors (Lipinski definition) is 1. The van der Waals surface area contributed by atoms with Crippen molar-refractivity contribution in [1.29, 1.82) is 0 Å². The van der Waals surface area contributed by atoms with Gasteiger partial charge in [-0.25, -0.2) is 9.67 Å². The molecular weight excluding hydrogens is 386 g/mol. The Morgan fingerprint density at radius 1 is 1.24 bits per heavy atom. The quantitative estimate of drug-likeness (QED) is 0.689. The van der Waals surface area contributed by atoms with E-state index in [1.807, 2.05) is 16.8 Å². The van der Waals surface area contributed by atoms with Crippen molar-refractivity contribution >= 4 is 22.6 Å². The highest BCUT2D eigenvalue weighted by atomic mass is 35.5. The zero-order chi connectivity index (χ0) is 20.0. The van der Waals surface area contributed by atoms with Crippen LogP contribution in [0.2, 0.25) is 5.02 Å². The van der Waals surface area contributed by atoms with E-state index in [0.717, 1.165) is 48.8 Å². The van der Waals surface area contributed by atoms with Crippen molar-refractivity contribution in [2.24, 2.45) is 0 Å². The fraction of sp³-hybridized carbons (Fsp3) is 0.500. The fourth-order valence-electron chi connectivity index (χ4n) is 4.91. The van der Waals surface area contributed by atoms with Crippen LogP contribution in [0.15, 0.2) is 35.3 Å². The van der Waals surface area contributed by atoms with Crippen LogP contribution in [0, 0.1) is 0 Å². The van der Waals surface area contributed by atoms with Crippen molar-refractivity contribution in [1.82, 2.24) is 24.6 Å². The molecule has 7 heteroatoms. The molecule has 1 aromatic carbocycles. The van der Waals surface area contributed by atoms with Crippen LogP contribution in [-0.4, -0.2) is 37.7 Å². The molecular formula is C22H26ClN5O. The molecule has 3 heterocycles. The van der Waals surface area contributed by atoms with E-state index in [1.165, 1.54) is 18.4 Å². The number of nitrogens with zero attached hydrogens (tertiary/aromatic N) is 4. The van der Waals surface area contributed by atoms with E-state index in [4.69, 9.17) is 16.6 Å². The zero-order valence-corrected chi connectivity index (χ0v) is 17.4. The van der Waals surface area contributed by atoms with Crippen molar-refractivity contribution in [3.05, 3.63) is 57.2 Å². The van der Waals surface area contributed by atoms with Crippen LogP contribution < -0.4 is 5.56 Å². The van der Waals surface area contributed by atoms with Gasteiger partial charge in [-0.1, -0.05) is 36.6 Å². The zero-order valence-electron chi connectivity index (χ0n) is 16.6. The molecule has 0 spiro atoms. The third kappa shape index (κ3) is 3.49. The molecule has 1 saturated heterocycles. The first-order chi connectivity index (χ1) is 14.1. The van der Waals surface area contributed by atoms with E-state index >= 15 is 0 Å². The first kappa shape index (κ1) is 18.8. The van der Waals surface area contributed by atoms with Crippen LogP contribution in [0.4, 0.5) is 0 Å². The number of rotatable bonds is 4. The second-order valence-corrected chi connectivity index (χ2v) is 8.86. The first-order valence-electron chi connectivity index (χ1n) is 10.6. The lowest BCUT2D eigenvalue weighted by atomic mass is 9.99. The van der Waals surface area contributed by atoms with Gasteiger partial charge in [0.1, 0.15) is 11.2 Å². The second kappa shape index (κ2) is 7.58. The molecule has 1 N–H and O–H groups in total. The molecule has 152 valence electrons. The smallest absolute Gasteiger partial charge is 0.262 e. The van der Waals surface area contributed by atoms with Crippen LogP contribution >= 0.6 is 11.6 Å². The maximum atomic E-state index is 12.7. The highest BCUT2D eigenvalue weighted by molar-refractivity contribution is 6.30. The average Bonchev–Trinajstić information content (AvgIpc) is 3.46. The molecule has 5 rings (SSSR count). The number of fused-ring (bicyclic) bond motifs is 1. The number of H-pyrrole nitrogens is 1. The maximum absolute atomic E-state index is 12.7. The Bertz CT molecular complexity index is 1080. The Morgan fingerprint density at radius 2 is 2.07 bits per heavy atom. The number of nitrogens with one attached hydrogen (secondary N) is 1. The van der Waals surface area contributed by atoms with E-state index in [2.05, 4.69) is 34.0 Å². The Morgan fingerprint density at radius 3 is 2.86 bits per heavy atom. The fourth-order valence-corrected chi connectivity index (χ4v) is 5.11. The van der Waals surface area contributed by atoms with Gasteiger partial charge in [-0.2, -0.15) is 5.10 Å². The van der Waals surface area contributed by atoms with Gasteiger partial charge >= 0.3 is 0 Å². The summed E-state index contributed by atoms with van der Waals surface area (Å²) >= 11 is 6.18. The van der Waals surface area contributed by atoms with Crippen LogP contribution in [0.25, 0.3) is 11.0 Å². The van der Waals surface area contributed by atoms with E-state index in [0.29, 0.717) is 17.3 Å². The van der Waals surface area contributed by atoms with Crippen LogP contribution in [0.1, 0.15) is 68.4 Å². The predicted octanol–water partition coefficient (Wildman–Crippen LogP) is 4.44. The minimum atomic E-state index is -0.0910. The molecule has 2 aromatic heterocycles. The van der Waals surface area contributed by atoms with Crippen molar-refractivity contribution < 1.29 is 0 Å². The summed E-state index contributed by atoms with van der Waals surface area (Å²) in [6.45, 7) is 4.04. The van der Waals surface area contributed by atoms with Crippen LogP contribution in [0.5, 0.6) is 0 Å². The van der Waals surface area contributed by atoms with Crippen LogP contribution in [-0.2, 0) is 0 Å². The van der Waals surface area contributed by atoms with E-state index in [-0.39, 0.29) is 11.6 Å². The van der Waals surface area contributed by atoms with E-state index < -0.39 is 0 Å². The monoisotopic (exact) mass is 411 g/mol. The number of benzene rings is 1. The van der Waals surface area contributed by atoms with E-state index in [1.54, 1.807) is 6.20 Å². The molecule has 1 saturated carbocycles. The largest absolute Gasteiger partial charge is 0.309 e. The predicted molar refractivity (Wildman–Crippen MR) is 114 cm³/mol. The van der Waals surface area contributed by atoms with Crippen molar-refractivity contribution in [3.8, 4) is 0 Å². The number of likely N-dealkylation sites (tertiary alicyclic amines) is 1. The van der Waals surface area contributed by atoms with E-state index in [9.17, 15) is 4.79 Å². The number of aromatic nitrogens is 4. The summed E-state index contributed by atoms with van der Waals surface area (Å²) in [5.74, 6) is 1.18. The summed E-state index contributed by atoms with van der Waals surface area (Å²) in [7, 11) is 0. The summed E-state index contributed by atoms with van der Waals surface area (Å²) < 4.78 is 1.98. The maximum Gasteiger partial charge on any atom is 0.262 e. The Labute approximate surface area is 174 Å². The summed E-state index contributed by atoms with van der Waals surface area (Å²) in [4.78, 5) is 23.0. The highest BCUT2D eigenvalue weighted by Gasteiger charge is 2.30. The second-order valence-electron chi connectivity index (χ2n) is 8.43. The molecule has 2 fully saturated rings. The third-order valence-electron chi connectivity index (χ3n) is 6.64. The van der Waals surface area contributed by atoms with Gasteiger partial charge in [-0.15, -0.1) is 0 Å². The average molecular weight is 412 g/mol. The topological polar surface area (TPSA) is 66.8 Å². The number of aromatic amines is 1. The molecule has 1 aliphatic heterocycles. The lowest BCUT2D eigenvalue weighted by Gasteiger charge is -2.24. The van der Waals surface area contributed by atoms with Gasteiger partial charge in [-0.3, -0.25) is 9.69 Å².